The monoisotopic (exact) mass is 288 g/mol. The molecule has 0 radical (unpaired) electrons. The number of nitrogens with one attached hydrogen (secondary N) is 1. The molecule has 3 nitrogen and oxygen atoms in total. The minimum atomic E-state index is 0.731. The number of hydrogen-bond acceptors (Lipinski definition) is 2. The molecule has 2 aromatic rings. The lowest BCUT2D eigenvalue weighted by atomic mass is 10.1. The predicted octanol–water partition coefficient (Wildman–Crippen LogP) is 3.81. The van der Waals surface area contributed by atoms with Crippen molar-refractivity contribution in [3.8, 4) is 0 Å². The van der Waals surface area contributed by atoms with E-state index in [1.54, 1.807) is 7.11 Å². The number of ether oxygens (including phenoxy) is 1. The minimum absolute atomic E-state index is 0.731. The quantitative estimate of drug-likeness (QED) is 0.710. The van der Waals surface area contributed by atoms with Gasteiger partial charge >= 0.3 is 0 Å². The van der Waals surface area contributed by atoms with Gasteiger partial charge in [0.05, 0.1) is 6.61 Å². The maximum Gasteiger partial charge on any atom is 0.0587 e. The summed E-state index contributed by atoms with van der Waals surface area (Å²) in [5.41, 5.74) is 2.69. The highest BCUT2D eigenvalue weighted by atomic mass is 16.5. The Bertz CT molecular complexity index is 547. The Labute approximate surface area is 128 Å². The summed E-state index contributed by atoms with van der Waals surface area (Å²) in [6.45, 7) is 8.25. The van der Waals surface area contributed by atoms with Gasteiger partial charge in [-0.2, -0.15) is 0 Å². The van der Waals surface area contributed by atoms with Crippen LogP contribution in [-0.2, 0) is 17.8 Å². The van der Waals surface area contributed by atoms with Gasteiger partial charge < -0.3 is 14.6 Å². The number of fused-ring (bicyclic) bond motifs is 1. The summed E-state index contributed by atoms with van der Waals surface area (Å²) in [6, 6.07) is 8.97. The van der Waals surface area contributed by atoms with Gasteiger partial charge in [0.15, 0.2) is 0 Å². The SMILES string of the molecule is CCCC(C)Cn1ccc2ccc(CNCCOC)cc21. The summed E-state index contributed by atoms with van der Waals surface area (Å²) < 4.78 is 7.45. The summed E-state index contributed by atoms with van der Waals surface area (Å²) in [6.07, 6.45) is 4.77. The van der Waals surface area contributed by atoms with Crippen molar-refractivity contribution in [2.75, 3.05) is 20.3 Å². The van der Waals surface area contributed by atoms with E-state index in [4.69, 9.17) is 4.74 Å². The fourth-order valence-corrected chi connectivity index (χ4v) is 2.83. The summed E-state index contributed by atoms with van der Waals surface area (Å²) in [4.78, 5) is 0. The van der Waals surface area contributed by atoms with E-state index in [9.17, 15) is 0 Å². The van der Waals surface area contributed by atoms with Crippen molar-refractivity contribution < 1.29 is 4.74 Å². The highest BCUT2D eigenvalue weighted by Crippen LogP contribution is 2.20. The summed E-state index contributed by atoms with van der Waals surface area (Å²) in [7, 11) is 1.73. The number of benzene rings is 1. The van der Waals surface area contributed by atoms with Crippen LogP contribution in [0.25, 0.3) is 10.9 Å². The molecule has 0 saturated carbocycles. The molecule has 1 N–H and O–H groups in total. The van der Waals surface area contributed by atoms with Crippen LogP contribution >= 0.6 is 0 Å². The van der Waals surface area contributed by atoms with Crippen LogP contribution in [0.1, 0.15) is 32.3 Å². The van der Waals surface area contributed by atoms with Crippen molar-refractivity contribution in [3.63, 3.8) is 0 Å². The van der Waals surface area contributed by atoms with Crippen LogP contribution in [0.15, 0.2) is 30.5 Å². The third-order valence-electron chi connectivity index (χ3n) is 3.94. The van der Waals surface area contributed by atoms with Crippen LogP contribution in [-0.4, -0.2) is 24.8 Å². The topological polar surface area (TPSA) is 26.2 Å². The maximum atomic E-state index is 5.06. The van der Waals surface area contributed by atoms with Gasteiger partial charge in [0.2, 0.25) is 0 Å². The molecule has 1 heterocycles. The number of hydrogen-bond donors (Lipinski definition) is 1. The van der Waals surface area contributed by atoms with Gasteiger partial charge in [0.25, 0.3) is 0 Å². The van der Waals surface area contributed by atoms with Crippen LogP contribution < -0.4 is 5.32 Å². The number of rotatable bonds is 9. The molecule has 1 aromatic heterocycles. The average molecular weight is 288 g/mol. The molecule has 1 atom stereocenters. The third kappa shape index (κ3) is 4.58. The first-order valence-corrected chi connectivity index (χ1v) is 8.02. The van der Waals surface area contributed by atoms with Gasteiger partial charge in [-0.3, -0.25) is 0 Å². The Morgan fingerprint density at radius 2 is 2.14 bits per heavy atom. The van der Waals surface area contributed by atoms with Crippen molar-refractivity contribution in [2.24, 2.45) is 5.92 Å². The highest BCUT2D eigenvalue weighted by Gasteiger charge is 2.06. The van der Waals surface area contributed by atoms with Crippen molar-refractivity contribution in [2.45, 2.75) is 39.8 Å². The molecule has 0 aliphatic carbocycles. The van der Waals surface area contributed by atoms with Crippen molar-refractivity contribution in [1.82, 2.24) is 9.88 Å². The Hall–Kier alpha value is -1.32. The minimum Gasteiger partial charge on any atom is -0.383 e. The van der Waals surface area contributed by atoms with Crippen molar-refractivity contribution in [3.05, 3.63) is 36.0 Å². The van der Waals surface area contributed by atoms with Gasteiger partial charge in [-0.15, -0.1) is 0 Å². The van der Waals surface area contributed by atoms with Crippen molar-refractivity contribution >= 4 is 10.9 Å². The molecule has 3 heteroatoms. The van der Waals surface area contributed by atoms with E-state index in [1.807, 2.05) is 0 Å². The first kappa shape index (κ1) is 16.1. The summed E-state index contributed by atoms with van der Waals surface area (Å²) in [5, 5.41) is 4.74. The van der Waals surface area contributed by atoms with E-state index in [-0.39, 0.29) is 0 Å². The van der Waals surface area contributed by atoms with Gasteiger partial charge in [0.1, 0.15) is 0 Å². The first-order valence-electron chi connectivity index (χ1n) is 8.02. The Balaban J connectivity index is 2.05. The second-order valence-corrected chi connectivity index (χ2v) is 5.92. The van der Waals surface area contributed by atoms with Crippen LogP contribution in [0.5, 0.6) is 0 Å². The number of methoxy groups -OCH3 is 1. The Morgan fingerprint density at radius 3 is 2.90 bits per heavy atom. The van der Waals surface area contributed by atoms with Gasteiger partial charge in [-0.05, 0) is 35.4 Å². The lowest BCUT2D eigenvalue weighted by molar-refractivity contribution is 0.199. The molecular weight excluding hydrogens is 260 g/mol. The highest BCUT2D eigenvalue weighted by molar-refractivity contribution is 5.80. The molecule has 21 heavy (non-hydrogen) atoms. The fourth-order valence-electron chi connectivity index (χ4n) is 2.83. The van der Waals surface area contributed by atoms with E-state index in [0.29, 0.717) is 0 Å². The fraction of sp³-hybridized carbons (Fsp3) is 0.556. The zero-order chi connectivity index (χ0) is 15.1. The van der Waals surface area contributed by atoms with E-state index in [0.717, 1.165) is 32.2 Å². The van der Waals surface area contributed by atoms with Crippen LogP contribution in [0.2, 0.25) is 0 Å². The zero-order valence-corrected chi connectivity index (χ0v) is 13.6. The predicted molar refractivity (Wildman–Crippen MR) is 89.6 cm³/mol. The van der Waals surface area contributed by atoms with Gasteiger partial charge in [-0.25, -0.2) is 0 Å². The van der Waals surface area contributed by atoms with E-state index in [2.05, 4.69) is 54.2 Å². The molecule has 0 aliphatic heterocycles. The molecule has 1 aromatic carbocycles. The molecule has 0 spiro atoms. The lowest BCUT2D eigenvalue weighted by Gasteiger charge is -2.13. The number of nitrogens with zero attached hydrogens (tertiary/aromatic N) is 1. The molecule has 0 fully saturated rings. The van der Waals surface area contributed by atoms with Crippen LogP contribution in [0.4, 0.5) is 0 Å². The lowest BCUT2D eigenvalue weighted by Crippen LogP contribution is -2.18. The molecule has 0 saturated heterocycles. The van der Waals surface area contributed by atoms with E-state index >= 15 is 0 Å². The molecule has 116 valence electrons. The molecular formula is C18H28N2O. The molecule has 0 aliphatic rings. The molecule has 0 amide bonds. The van der Waals surface area contributed by atoms with Crippen LogP contribution in [0, 0.1) is 5.92 Å². The third-order valence-corrected chi connectivity index (χ3v) is 3.94. The molecule has 2 rings (SSSR count). The second kappa shape index (κ2) is 8.20. The second-order valence-electron chi connectivity index (χ2n) is 5.92. The maximum absolute atomic E-state index is 5.06. The van der Waals surface area contributed by atoms with Crippen molar-refractivity contribution in [1.29, 1.82) is 0 Å². The Morgan fingerprint density at radius 1 is 1.29 bits per heavy atom. The standard InChI is InChI=1S/C18H28N2O/c1-4-5-15(2)14-20-10-8-17-7-6-16(12-18(17)20)13-19-9-11-21-3/h6-8,10,12,15,19H,4-5,9,11,13-14H2,1-3H3. The molecule has 0 bridgehead atoms. The Kier molecular flexibility index (Phi) is 6.27. The van der Waals surface area contributed by atoms with E-state index < -0.39 is 0 Å². The summed E-state index contributed by atoms with van der Waals surface area (Å²) >= 11 is 0. The number of aromatic nitrogens is 1. The van der Waals surface area contributed by atoms with Gasteiger partial charge in [0, 0.05) is 38.5 Å². The van der Waals surface area contributed by atoms with Crippen LogP contribution in [0.3, 0.4) is 0 Å². The van der Waals surface area contributed by atoms with Gasteiger partial charge in [-0.1, -0.05) is 32.4 Å². The largest absolute Gasteiger partial charge is 0.383 e. The zero-order valence-electron chi connectivity index (χ0n) is 13.6. The first-order chi connectivity index (χ1) is 10.2. The average Bonchev–Trinajstić information content (AvgIpc) is 2.86. The van der Waals surface area contributed by atoms with E-state index in [1.165, 1.54) is 29.3 Å². The summed E-state index contributed by atoms with van der Waals surface area (Å²) in [5.74, 6) is 0.731. The smallest absolute Gasteiger partial charge is 0.0587 e. The molecule has 1 unspecified atom stereocenters. The normalized spacial score (nSPS) is 12.9.